The monoisotopic (exact) mass is 264 g/mol. The smallest absolute Gasteiger partial charge is 0.326 e. The van der Waals surface area contributed by atoms with Crippen LogP contribution in [0.3, 0.4) is 0 Å². The second-order valence-corrected chi connectivity index (χ2v) is 4.37. The molecule has 0 bridgehead atoms. The summed E-state index contributed by atoms with van der Waals surface area (Å²) in [5.41, 5.74) is 6.89. The van der Waals surface area contributed by atoms with Crippen LogP contribution in [0, 0.1) is 0 Å². The van der Waals surface area contributed by atoms with E-state index in [0.717, 1.165) is 5.56 Å². The number of hydrogen-bond donors (Lipinski definition) is 2. The van der Waals surface area contributed by atoms with Crippen molar-refractivity contribution in [3.63, 3.8) is 0 Å². The first kappa shape index (κ1) is 15.2. The molecule has 1 amide bonds. The molecule has 0 saturated heterocycles. The molecule has 0 spiro atoms. The molecule has 1 aromatic carbocycles. The highest BCUT2D eigenvalue weighted by atomic mass is 16.4. The van der Waals surface area contributed by atoms with Gasteiger partial charge in [0.05, 0.1) is 0 Å². The number of carboxylic acid groups (broad SMARTS) is 1. The number of carbonyl (C=O) groups excluding carboxylic acids is 1. The van der Waals surface area contributed by atoms with Crippen LogP contribution < -0.4 is 5.73 Å². The van der Waals surface area contributed by atoms with E-state index in [9.17, 15) is 9.59 Å². The Balaban J connectivity index is 3.02. The van der Waals surface area contributed by atoms with Crippen molar-refractivity contribution >= 4 is 11.9 Å². The number of nitrogens with two attached hydrogens (primary N) is 1. The molecule has 0 heterocycles. The molecule has 1 unspecified atom stereocenters. The van der Waals surface area contributed by atoms with E-state index in [-0.39, 0.29) is 5.91 Å². The van der Waals surface area contributed by atoms with Gasteiger partial charge in [0.15, 0.2) is 0 Å². The Kier molecular flexibility index (Phi) is 5.51. The van der Waals surface area contributed by atoms with E-state index in [4.69, 9.17) is 10.8 Å². The fourth-order valence-electron chi connectivity index (χ4n) is 2.05. The minimum atomic E-state index is -0.991. The predicted molar refractivity (Wildman–Crippen MR) is 73.0 cm³/mol. The van der Waals surface area contributed by atoms with Crippen LogP contribution in [0.15, 0.2) is 24.3 Å². The van der Waals surface area contributed by atoms with Gasteiger partial charge >= 0.3 is 5.97 Å². The number of nitrogens with zero attached hydrogens (tertiary/aromatic N) is 1. The molecular formula is C14H20N2O3. The van der Waals surface area contributed by atoms with Crippen molar-refractivity contribution in [1.82, 2.24) is 4.90 Å². The van der Waals surface area contributed by atoms with Crippen LogP contribution in [0.1, 0.15) is 29.3 Å². The largest absolute Gasteiger partial charge is 0.480 e. The highest BCUT2D eigenvalue weighted by molar-refractivity contribution is 5.97. The van der Waals surface area contributed by atoms with Crippen molar-refractivity contribution in [2.24, 2.45) is 5.73 Å². The maximum absolute atomic E-state index is 12.4. The third kappa shape index (κ3) is 3.54. The lowest BCUT2D eigenvalue weighted by Crippen LogP contribution is -2.42. The summed E-state index contributed by atoms with van der Waals surface area (Å²) < 4.78 is 0. The van der Waals surface area contributed by atoms with Gasteiger partial charge in [0.2, 0.25) is 0 Å². The summed E-state index contributed by atoms with van der Waals surface area (Å²) in [5, 5.41) is 9.10. The number of aliphatic carboxylic acids is 1. The first-order valence-corrected chi connectivity index (χ1v) is 6.30. The Labute approximate surface area is 113 Å². The van der Waals surface area contributed by atoms with E-state index in [1.54, 1.807) is 19.1 Å². The average molecular weight is 264 g/mol. The second kappa shape index (κ2) is 6.89. The molecule has 0 radical (unpaired) electrons. The van der Waals surface area contributed by atoms with Gasteiger partial charge in [-0.3, -0.25) is 4.79 Å². The number of likely N-dealkylation sites (N-methyl/N-ethyl adjacent to an activating group) is 1. The van der Waals surface area contributed by atoms with Crippen molar-refractivity contribution in [2.75, 3.05) is 13.6 Å². The highest BCUT2D eigenvalue weighted by Gasteiger charge is 2.26. The summed E-state index contributed by atoms with van der Waals surface area (Å²) in [6.07, 6.45) is 0.968. The molecular weight excluding hydrogens is 244 g/mol. The molecule has 0 saturated carbocycles. The Morgan fingerprint density at radius 1 is 1.37 bits per heavy atom. The molecule has 1 rings (SSSR count). The van der Waals surface area contributed by atoms with Crippen LogP contribution in [0.2, 0.25) is 0 Å². The standard InChI is InChI=1S/C14H20N2O3/c1-3-12(14(18)19)16(2)13(17)11-7-5-4-6-10(11)8-9-15/h4-7,12H,3,8-9,15H2,1-2H3,(H,18,19). The van der Waals surface area contributed by atoms with Crippen molar-refractivity contribution in [1.29, 1.82) is 0 Å². The van der Waals surface area contributed by atoms with Crippen LogP contribution in [-0.2, 0) is 11.2 Å². The maximum atomic E-state index is 12.4. The lowest BCUT2D eigenvalue weighted by molar-refractivity contribution is -0.142. The van der Waals surface area contributed by atoms with Gasteiger partial charge in [-0.25, -0.2) is 4.79 Å². The zero-order valence-electron chi connectivity index (χ0n) is 11.3. The number of carbonyl (C=O) groups is 2. The van der Waals surface area contributed by atoms with E-state index in [0.29, 0.717) is 24.9 Å². The zero-order chi connectivity index (χ0) is 14.4. The molecule has 19 heavy (non-hydrogen) atoms. The zero-order valence-corrected chi connectivity index (χ0v) is 11.3. The topological polar surface area (TPSA) is 83.6 Å². The van der Waals surface area contributed by atoms with E-state index < -0.39 is 12.0 Å². The van der Waals surface area contributed by atoms with Gasteiger partial charge in [0, 0.05) is 12.6 Å². The van der Waals surface area contributed by atoms with Gasteiger partial charge in [-0.2, -0.15) is 0 Å². The Hall–Kier alpha value is -1.88. The SMILES string of the molecule is CCC(C(=O)O)N(C)C(=O)c1ccccc1CCN. The summed E-state index contributed by atoms with van der Waals surface area (Å²) in [7, 11) is 1.52. The number of carboxylic acids is 1. The third-order valence-corrected chi connectivity index (χ3v) is 3.12. The minimum absolute atomic E-state index is 0.279. The summed E-state index contributed by atoms with van der Waals surface area (Å²) in [6.45, 7) is 2.19. The molecule has 5 nitrogen and oxygen atoms in total. The third-order valence-electron chi connectivity index (χ3n) is 3.12. The Morgan fingerprint density at radius 3 is 2.53 bits per heavy atom. The van der Waals surface area contributed by atoms with Gasteiger partial charge < -0.3 is 15.7 Å². The van der Waals surface area contributed by atoms with E-state index in [1.807, 2.05) is 12.1 Å². The number of hydrogen-bond acceptors (Lipinski definition) is 3. The van der Waals surface area contributed by atoms with Gasteiger partial charge in [0.1, 0.15) is 6.04 Å². The predicted octanol–water partition coefficient (Wildman–Crippen LogP) is 1.12. The highest BCUT2D eigenvalue weighted by Crippen LogP contribution is 2.14. The van der Waals surface area contributed by atoms with E-state index in [1.165, 1.54) is 11.9 Å². The summed E-state index contributed by atoms with van der Waals surface area (Å²) in [5.74, 6) is -1.27. The van der Waals surface area contributed by atoms with Crippen LogP contribution >= 0.6 is 0 Å². The average Bonchev–Trinajstić information content (AvgIpc) is 2.39. The van der Waals surface area contributed by atoms with Gasteiger partial charge in [-0.05, 0) is 31.0 Å². The minimum Gasteiger partial charge on any atom is -0.480 e. The molecule has 0 aromatic heterocycles. The van der Waals surface area contributed by atoms with Crippen molar-refractivity contribution in [3.8, 4) is 0 Å². The first-order chi connectivity index (χ1) is 9.02. The van der Waals surface area contributed by atoms with Crippen molar-refractivity contribution in [3.05, 3.63) is 35.4 Å². The summed E-state index contributed by atoms with van der Waals surface area (Å²) >= 11 is 0. The normalized spacial score (nSPS) is 11.9. The molecule has 0 aliphatic heterocycles. The quantitative estimate of drug-likeness (QED) is 0.806. The Morgan fingerprint density at radius 2 is 2.00 bits per heavy atom. The number of amides is 1. The van der Waals surface area contributed by atoms with Crippen LogP contribution in [0.5, 0.6) is 0 Å². The van der Waals surface area contributed by atoms with Gasteiger partial charge in [-0.15, -0.1) is 0 Å². The molecule has 0 aliphatic carbocycles. The van der Waals surface area contributed by atoms with E-state index in [2.05, 4.69) is 0 Å². The van der Waals surface area contributed by atoms with E-state index >= 15 is 0 Å². The summed E-state index contributed by atoms with van der Waals surface area (Å²) in [4.78, 5) is 24.7. The fourth-order valence-corrected chi connectivity index (χ4v) is 2.05. The molecule has 1 aromatic rings. The molecule has 0 fully saturated rings. The molecule has 0 aliphatic rings. The summed E-state index contributed by atoms with van der Waals surface area (Å²) in [6, 6.07) is 6.35. The number of benzene rings is 1. The lowest BCUT2D eigenvalue weighted by atomic mass is 10.0. The molecule has 104 valence electrons. The lowest BCUT2D eigenvalue weighted by Gasteiger charge is -2.24. The van der Waals surface area contributed by atoms with Crippen molar-refractivity contribution < 1.29 is 14.7 Å². The molecule has 1 atom stereocenters. The van der Waals surface area contributed by atoms with Crippen LogP contribution in [0.4, 0.5) is 0 Å². The Bertz CT molecular complexity index is 460. The molecule has 3 N–H and O–H groups in total. The van der Waals surface area contributed by atoms with Crippen LogP contribution in [0.25, 0.3) is 0 Å². The van der Waals surface area contributed by atoms with Crippen LogP contribution in [-0.4, -0.2) is 41.5 Å². The van der Waals surface area contributed by atoms with Gasteiger partial charge in [0.25, 0.3) is 5.91 Å². The first-order valence-electron chi connectivity index (χ1n) is 6.30. The van der Waals surface area contributed by atoms with Crippen molar-refractivity contribution in [2.45, 2.75) is 25.8 Å². The van der Waals surface area contributed by atoms with Gasteiger partial charge in [-0.1, -0.05) is 25.1 Å². The number of rotatable bonds is 6. The maximum Gasteiger partial charge on any atom is 0.326 e. The molecule has 5 heteroatoms. The second-order valence-electron chi connectivity index (χ2n) is 4.37. The fraction of sp³-hybridized carbons (Fsp3) is 0.429.